The smallest absolute Gasteiger partial charge is 0.238 e. The topological polar surface area (TPSA) is 82.8 Å². The van der Waals surface area contributed by atoms with Crippen LogP contribution in [0.4, 0.5) is 0 Å². The molecule has 1 saturated carbocycles. The van der Waals surface area contributed by atoms with Crippen molar-refractivity contribution in [3.63, 3.8) is 0 Å². The van der Waals surface area contributed by atoms with Crippen LogP contribution in [0.2, 0.25) is 0 Å². The first kappa shape index (κ1) is 15.4. The van der Waals surface area contributed by atoms with Crippen molar-refractivity contribution in [2.45, 2.75) is 29.7 Å². The Kier molecular flexibility index (Phi) is 3.82. The highest BCUT2D eigenvalue weighted by Crippen LogP contribution is 2.40. The van der Waals surface area contributed by atoms with E-state index in [1.807, 2.05) is 35.0 Å². The average Bonchev–Trinajstić information content (AvgIpc) is 3.09. The third-order valence-electron chi connectivity index (χ3n) is 4.09. The Labute approximate surface area is 153 Å². The van der Waals surface area contributed by atoms with Gasteiger partial charge in [-0.3, -0.25) is 0 Å². The lowest BCUT2D eigenvalue weighted by Crippen LogP contribution is -2.01. The molecule has 0 saturated heterocycles. The second-order valence-corrected chi connectivity index (χ2v) is 6.99. The van der Waals surface area contributed by atoms with Gasteiger partial charge in [-0.25, -0.2) is 9.67 Å². The predicted octanol–water partition coefficient (Wildman–Crippen LogP) is 4.08. The van der Waals surface area contributed by atoms with Gasteiger partial charge in [-0.05, 0) is 37.1 Å². The maximum Gasteiger partial charge on any atom is 0.238 e. The zero-order valence-electron chi connectivity index (χ0n) is 13.8. The summed E-state index contributed by atoms with van der Waals surface area (Å²) >= 11 is 1.49. The zero-order chi connectivity index (χ0) is 17.3. The first-order chi connectivity index (χ1) is 12.9. The van der Waals surface area contributed by atoms with Crippen LogP contribution >= 0.6 is 11.8 Å². The normalized spacial score (nSPS) is 14.0. The summed E-state index contributed by atoms with van der Waals surface area (Å²) in [5.41, 5.74) is 1.03. The Bertz CT molecular complexity index is 1010. The van der Waals surface area contributed by atoms with Crippen LogP contribution in [0.15, 0.2) is 62.8 Å². The Morgan fingerprint density at radius 3 is 2.73 bits per heavy atom. The van der Waals surface area contributed by atoms with Crippen LogP contribution < -0.4 is 0 Å². The van der Waals surface area contributed by atoms with E-state index in [1.54, 1.807) is 18.4 Å². The minimum absolute atomic E-state index is 0.451. The maximum absolute atomic E-state index is 5.29. The highest BCUT2D eigenvalue weighted by Gasteiger charge is 2.30. The molecule has 3 heterocycles. The Hall–Kier alpha value is -2.87. The van der Waals surface area contributed by atoms with Gasteiger partial charge in [0.1, 0.15) is 5.82 Å². The Morgan fingerprint density at radius 2 is 1.96 bits per heavy atom. The van der Waals surface area contributed by atoms with Crippen molar-refractivity contribution in [1.82, 2.24) is 24.9 Å². The molecule has 0 radical (unpaired) electrons. The summed E-state index contributed by atoms with van der Waals surface area (Å²) in [7, 11) is 0. The van der Waals surface area contributed by atoms with Gasteiger partial charge in [-0.2, -0.15) is 4.98 Å². The van der Waals surface area contributed by atoms with E-state index in [9.17, 15) is 0 Å². The van der Waals surface area contributed by atoms with Gasteiger partial charge in [0.25, 0.3) is 0 Å². The molecule has 26 heavy (non-hydrogen) atoms. The summed E-state index contributed by atoms with van der Waals surface area (Å²) in [5, 5.41) is 9.33. The van der Waals surface area contributed by atoms with E-state index in [1.165, 1.54) is 24.6 Å². The fourth-order valence-corrected chi connectivity index (χ4v) is 3.34. The van der Waals surface area contributed by atoms with Crippen molar-refractivity contribution in [3.8, 4) is 17.3 Å². The number of hydrogen-bond acceptors (Lipinski definition) is 7. The van der Waals surface area contributed by atoms with Crippen LogP contribution in [0.3, 0.4) is 0 Å². The molecule has 0 bridgehead atoms. The molecule has 4 aromatic rings. The van der Waals surface area contributed by atoms with Crippen molar-refractivity contribution in [2.24, 2.45) is 0 Å². The summed E-state index contributed by atoms with van der Waals surface area (Å²) < 4.78 is 12.5. The highest BCUT2D eigenvalue weighted by atomic mass is 32.2. The summed E-state index contributed by atoms with van der Waals surface area (Å²) in [4.78, 5) is 9.07. The molecule has 1 fully saturated rings. The summed E-state index contributed by atoms with van der Waals surface area (Å²) in [6, 6.07) is 13.7. The highest BCUT2D eigenvalue weighted by molar-refractivity contribution is 7.98. The fourth-order valence-electron chi connectivity index (χ4n) is 2.68. The summed E-state index contributed by atoms with van der Waals surface area (Å²) in [6.45, 7) is 0. The van der Waals surface area contributed by atoms with Crippen LogP contribution in [-0.2, 0) is 5.75 Å². The Morgan fingerprint density at radius 1 is 1.08 bits per heavy atom. The minimum atomic E-state index is 0.451. The molecular weight excluding hydrogens is 350 g/mol. The maximum atomic E-state index is 5.29. The van der Waals surface area contributed by atoms with Crippen LogP contribution in [0.1, 0.15) is 30.5 Å². The standard InChI is InChI=1S/C18H15N5O2S/c1-2-5-13(6-3-1)23-17(12-8-9-12)20-18(21-23)26-11-15-19-16(22-25-15)14-7-4-10-24-14/h1-7,10,12H,8-9,11H2. The van der Waals surface area contributed by atoms with Gasteiger partial charge in [0.15, 0.2) is 5.76 Å². The van der Waals surface area contributed by atoms with E-state index in [0.29, 0.717) is 34.3 Å². The number of hydrogen-bond donors (Lipinski definition) is 0. The average molecular weight is 365 g/mol. The molecule has 8 heteroatoms. The lowest BCUT2D eigenvalue weighted by molar-refractivity contribution is 0.390. The lowest BCUT2D eigenvalue weighted by Gasteiger charge is -2.03. The van der Waals surface area contributed by atoms with Crippen LogP contribution in [0.5, 0.6) is 0 Å². The molecule has 0 aliphatic heterocycles. The van der Waals surface area contributed by atoms with E-state index >= 15 is 0 Å². The molecule has 5 rings (SSSR count). The second kappa shape index (κ2) is 6.45. The summed E-state index contributed by atoms with van der Waals surface area (Å²) in [6.07, 6.45) is 3.93. The van der Waals surface area contributed by atoms with E-state index in [2.05, 4.69) is 15.2 Å². The van der Waals surface area contributed by atoms with Gasteiger partial charge in [0.2, 0.25) is 16.9 Å². The van der Waals surface area contributed by atoms with E-state index in [4.69, 9.17) is 13.9 Å². The van der Waals surface area contributed by atoms with E-state index in [0.717, 1.165) is 11.5 Å². The van der Waals surface area contributed by atoms with Gasteiger partial charge in [0.05, 0.1) is 17.7 Å². The van der Waals surface area contributed by atoms with Crippen LogP contribution in [0.25, 0.3) is 17.3 Å². The molecule has 130 valence electrons. The molecule has 0 N–H and O–H groups in total. The van der Waals surface area contributed by atoms with Crippen molar-refractivity contribution in [2.75, 3.05) is 0 Å². The van der Waals surface area contributed by atoms with Crippen molar-refractivity contribution in [3.05, 3.63) is 60.4 Å². The first-order valence-corrected chi connectivity index (χ1v) is 9.37. The third kappa shape index (κ3) is 3.03. The fraction of sp³-hybridized carbons (Fsp3) is 0.222. The molecule has 0 unspecified atom stereocenters. The quantitative estimate of drug-likeness (QED) is 0.476. The van der Waals surface area contributed by atoms with Crippen LogP contribution in [-0.4, -0.2) is 24.9 Å². The molecular formula is C18H15N5O2S. The predicted molar refractivity (Wildman–Crippen MR) is 94.9 cm³/mol. The number of benzene rings is 1. The monoisotopic (exact) mass is 365 g/mol. The van der Waals surface area contributed by atoms with Gasteiger partial charge >= 0.3 is 0 Å². The molecule has 7 nitrogen and oxygen atoms in total. The molecule has 0 atom stereocenters. The largest absolute Gasteiger partial charge is 0.461 e. The first-order valence-electron chi connectivity index (χ1n) is 8.38. The number of nitrogens with zero attached hydrogens (tertiary/aromatic N) is 5. The van der Waals surface area contributed by atoms with E-state index < -0.39 is 0 Å². The summed E-state index contributed by atoms with van der Waals surface area (Å²) in [5.74, 6) is 3.60. The zero-order valence-corrected chi connectivity index (χ0v) is 14.6. The van der Waals surface area contributed by atoms with Gasteiger partial charge in [0, 0.05) is 5.92 Å². The van der Waals surface area contributed by atoms with Gasteiger partial charge < -0.3 is 8.94 Å². The lowest BCUT2D eigenvalue weighted by atomic mass is 10.3. The molecule has 1 aromatic carbocycles. The molecule has 1 aliphatic carbocycles. The number of rotatable bonds is 6. The SMILES string of the molecule is c1ccc(-n2nc(SCc3nc(-c4ccco4)no3)nc2C2CC2)cc1. The number of thioether (sulfide) groups is 1. The van der Waals surface area contributed by atoms with Crippen molar-refractivity contribution in [1.29, 1.82) is 0 Å². The second-order valence-electron chi connectivity index (χ2n) is 6.05. The molecule has 0 amide bonds. The van der Waals surface area contributed by atoms with Crippen molar-refractivity contribution < 1.29 is 8.94 Å². The minimum Gasteiger partial charge on any atom is -0.461 e. The molecule has 1 aliphatic rings. The van der Waals surface area contributed by atoms with Crippen molar-refractivity contribution >= 4 is 11.8 Å². The van der Waals surface area contributed by atoms with Gasteiger partial charge in [-0.15, -0.1) is 5.10 Å². The Balaban J connectivity index is 1.35. The van der Waals surface area contributed by atoms with Crippen LogP contribution in [0, 0.1) is 0 Å². The molecule has 3 aromatic heterocycles. The third-order valence-corrected chi connectivity index (χ3v) is 4.91. The number of furan rings is 1. The van der Waals surface area contributed by atoms with Gasteiger partial charge in [-0.1, -0.05) is 35.1 Å². The number of aromatic nitrogens is 5. The van der Waals surface area contributed by atoms with E-state index in [-0.39, 0.29) is 0 Å². The number of para-hydroxylation sites is 1. The molecule has 0 spiro atoms.